The van der Waals surface area contributed by atoms with Gasteiger partial charge in [-0.2, -0.15) is 10.5 Å². The summed E-state index contributed by atoms with van der Waals surface area (Å²) in [7, 11) is -2.53. The van der Waals surface area contributed by atoms with E-state index < -0.39 is 22.1 Å². The molecule has 7 heterocycles. The van der Waals surface area contributed by atoms with Crippen LogP contribution in [0, 0.1) is 22.7 Å². The van der Waals surface area contributed by atoms with Crippen molar-refractivity contribution in [1.82, 2.24) is 34.0 Å². The van der Waals surface area contributed by atoms with Crippen molar-refractivity contribution in [3.8, 4) is 68.7 Å². The zero-order valence-electron chi connectivity index (χ0n) is 50.0. The topological polar surface area (TPSA) is 222 Å². The SMILES string of the molecule is C[Si](C)(C)CCOCn1c(-c2ccc(C(=O)N3CCCC3)cc2)cc2c(-c3ccc(OC4CCOCC4)c(C#N)c3)ncnc21.C[Si](C)(C)CCOCn1c(-c2ccc(C(=O)O)cc2)cc2c(-c3ccc(OC4CCOCC4)c(C#N)c3)ncnc21. The van der Waals surface area contributed by atoms with Crippen LogP contribution in [0.1, 0.15) is 70.4 Å². The highest BCUT2D eigenvalue weighted by molar-refractivity contribution is 6.76. The predicted octanol–water partition coefficient (Wildman–Crippen LogP) is 12.9. The molecule has 20 heteroatoms. The number of benzene rings is 4. The lowest BCUT2D eigenvalue weighted by molar-refractivity contribution is 0.0252. The van der Waals surface area contributed by atoms with Gasteiger partial charge in [0.25, 0.3) is 5.91 Å². The van der Waals surface area contributed by atoms with Gasteiger partial charge in [-0.05, 0) is 109 Å². The largest absolute Gasteiger partial charge is 0.489 e. The van der Waals surface area contributed by atoms with E-state index in [2.05, 4.69) is 77.0 Å². The molecule has 0 bridgehead atoms. The summed E-state index contributed by atoms with van der Waals surface area (Å²) in [6, 6.07) is 36.6. The number of carboxylic acids is 1. The first-order valence-electron chi connectivity index (χ1n) is 29.7. The Morgan fingerprint density at radius 2 is 0.977 bits per heavy atom. The van der Waals surface area contributed by atoms with Gasteiger partial charge in [0.05, 0.1) is 65.9 Å². The first-order valence-corrected chi connectivity index (χ1v) is 37.1. The van der Waals surface area contributed by atoms with Crippen molar-refractivity contribution >= 4 is 50.1 Å². The molecular formula is C66H75N9O9Si2. The van der Waals surface area contributed by atoms with E-state index in [1.807, 2.05) is 70.1 Å². The molecule has 8 aromatic rings. The molecule has 3 fully saturated rings. The number of aromatic carboxylic acids is 1. The van der Waals surface area contributed by atoms with E-state index in [0.717, 1.165) is 119 Å². The summed E-state index contributed by atoms with van der Waals surface area (Å²) in [5.74, 6) is 0.245. The number of fused-ring (bicyclic) bond motifs is 2. The third-order valence-electron chi connectivity index (χ3n) is 15.7. The minimum absolute atomic E-state index is 0.0255. The van der Waals surface area contributed by atoms with Crippen LogP contribution in [0.3, 0.4) is 0 Å². The molecule has 0 radical (unpaired) electrons. The molecular weight excluding hydrogens is 1120 g/mol. The van der Waals surface area contributed by atoms with Crippen LogP contribution in [0.4, 0.5) is 0 Å². The van der Waals surface area contributed by atoms with Gasteiger partial charge in [-0.15, -0.1) is 0 Å². The lowest BCUT2D eigenvalue weighted by atomic mass is 10.0. The van der Waals surface area contributed by atoms with E-state index in [4.69, 9.17) is 33.4 Å². The zero-order valence-corrected chi connectivity index (χ0v) is 52.0. The number of rotatable bonds is 20. The van der Waals surface area contributed by atoms with Gasteiger partial charge in [0, 0.05) is 95.6 Å². The fourth-order valence-corrected chi connectivity index (χ4v) is 12.3. The lowest BCUT2D eigenvalue weighted by Crippen LogP contribution is -2.27. The molecule has 0 unspecified atom stereocenters. The van der Waals surface area contributed by atoms with Gasteiger partial charge in [0.2, 0.25) is 0 Å². The van der Waals surface area contributed by atoms with Crippen LogP contribution >= 0.6 is 0 Å². The summed E-state index contributed by atoms with van der Waals surface area (Å²) >= 11 is 0. The Balaban J connectivity index is 0.000000192. The summed E-state index contributed by atoms with van der Waals surface area (Å²) < 4.78 is 39.7. The molecule has 3 aliphatic rings. The van der Waals surface area contributed by atoms with Gasteiger partial charge in [-0.1, -0.05) is 63.5 Å². The number of carbonyl (C=O) groups is 2. The maximum absolute atomic E-state index is 13.0. The molecule has 0 spiro atoms. The number of nitriles is 2. The van der Waals surface area contributed by atoms with Crippen molar-refractivity contribution < 1.29 is 43.1 Å². The fourth-order valence-electron chi connectivity index (χ4n) is 10.7. The van der Waals surface area contributed by atoms with Gasteiger partial charge in [-0.3, -0.25) is 4.79 Å². The molecule has 4 aromatic heterocycles. The van der Waals surface area contributed by atoms with Gasteiger partial charge >= 0.3 is 5.97 Å². The first-order chi connectivity index (χ1) is 41.5. The van der Waals surface area contributed by atoms with Gasteiger partial charge in [0.15, 0.2) is 0 Å². The van der Waals surface area contributed by atoms with Crippen molar-refractivity contribution in [2.24, 2.45) is 0 Å². The van der Waals surface area contributed by atoms with Crippen molar-refractivity contribution in [1.29, 1.82) is 10.5 Å². The van der Waals surface area contributed by atoms with Crippen LogP contribution in [0.2, 0.25) is 51.4 Å². The number of hydrogen-bond donors (Lipinski definition) is 1. The summed E-state index contributed by atoms with van der Waals surface area (Å²) in [5.41, 5.74) is 9.86. The molecule has 18 nitrogen and oxygen atoms in total. The van der Waals surface area contributed by atoms with E-state index in [1.54, 1.807) is 36.7 Å². The molecule has 3 aliphatic heterocycles. The average Bonchev–Trinajstić information content (AvgIpc) is 1.81. The van der Waals surface area contributed by atoms with Crippen LogP contribution in [0.5, 0.6) is 11.5 Å². The highest BCUT2D eigenvalue weighted by Crippen LogP contribution is 2.38. The molecule has 3 saturated heterocycles. The Morgan fingerprint density at radius 1 is 0.570 bits per heavy atom. The van der Waals surface area contributed by atoms with Crippen LogP contribution in [0.15, 0.2) is 110 Å². The number of amides is 1. The van der Waals surface area contributed by atoms with E-state index in [9.17, 15) is 25.2 Å². The molecule has 86 heavy (non-hydrogen) atoms. The predicted molar refractivity (Wildman–Crippen MR) is 335 cm³/mol. The van der Waals surface area contributed by atoms with Crippen molar-refractivity contribution in [3.05, 3.63) is 132 Å². The maximum Gasteiger partial charge on any atom is 0.335 e. The molecule has 4 aromatic carbocycles. The van der Waals surface area contributed by atoms with E-state index in [-0.39, 0.29) is 23.7 Å². The van der Waals surface area contributed by atoms with Crippen molar-refractivity contribution in [3.63, 3.8) is 0 Å². The molecule has 1 N–H and O–H groups in total. The highest BCUT2D eigenvalue weighted by Gasteiger charge is 2.25. The van der Waals surface area contributed by atoms with Crippen LogP contribution < -0.4 is 9.47 Å². The van der Waals surface area contributed by atoms with Crippen LogP contribution in [-0.2, 0) is 32.4 Å². The van der Waals surface area contributed by atoms with E-state index >= 15 is 0 Å². The first kappa shape index (κ1) is 61.0. The summed E-state index contributed by atoms with van der Waals surface area (Å²) in [5, 5.41) is 31.0. The lowest BCUT2D eigenvalue weighted by Gasteiger charge is -2.23. The van der Waals surface area contributed by atoms with E-state index in [1.165, 1.54) is 6.33 Å². The Hall–Kier alpha value is -8.09. The van der Waals surface area contributed by atoms with Gasteiger partial charge < -0.3 is 47.6 Å². The Morgan fingerprint density at radius 3 is 1.37 bits per heavy atom. The molecule has 446 valence electrons. The minimum Gasteiger partial charge on any atom is -0.489 e. The molecule has 0 aliphatic carbocycles. The third kappa shape index (κ3) is 14.9. The second kappa shape index (κ2) is 27.5. The Kier molecular flexibility index (Phi) is 19.5. The van der Waals surface area contributed by atoms with Crippen LogP contribution in [-0.4, -0.2) is 132 Å². The minimum atomic E-state index is -1.27. The van der Waals surface area contributed by atoms with Crippen molar-refractivity contribution in [2.45, 2.75) is 116 Å². The highest BCUT2D eigenvalue weighted by atomic mass is 28.3. The van der Waals surface area contributed by atoms with E-state index in [0.29, 0.717) is 92.6 Å². The Bertz CT molecular complexity index is 3770. The number of carboxylic acid groups (broad SMARTS) is 1. The third-order valence-corrected chi connectivity index (χ3v) is 19.1. The number of nitrogens with zero attached hydrogens (tertiary/aromatic N) is 9. The number of aromatic nitrogens is 6. The summed E-state index contributed by atoms with van der Waals surface area (Å²) in [4.78, 5) is 44.9. The summed E-state index contributed by atoms with van der Waals surface area (Å²) in [6.07, 6.45) is 8.48. The van der Waals surface area contributed by atoms with Crippen LogP contribution in [0.25, 0.3) is 67.1 Å². The second-order valence-corrected chi connectivity index (χ2v) is 35.7. The fraction of sp³-hybridized carbons (Fsp3) is 0.394. The molecule has 0 saturated carbocycles. The number of likely N-dealkylation sites (tertiary alicyclic amines) is 1. The smallest absolute Gasteiger partial charge is 0.335 e. The summed E-state index contributed by atoms with van der Waals surface area (Å²) in [6.45, 7) is 20.2. The number of hydrogen-bond acceptors (Lipinski definition) is 14. The molecule has 11 rings (SSSR count). The monoisotopic (exact) mass is 1190 g/mol. The van der Waals surface area contributed by atoms with Gasteiger partial charge in [-0.25, -0.2) is 24.7 Å². The molecule has 1 amide bonds. The standard InChI is InChI=1S/C35H41N5O4Si.C31H34N4O5Si/c1-45(2,3)19-18-43-24-40-31(25-6-8-26(9-7-25)35(41)39-14-4-5-15-39)21-30-33(37-23-38-34(30)40)27-10-11-32(28(20-27)22-36)44-29-12-16-42-17-13-29;1-41(2,3)15-14-39-20-35-27(21-4-6-22(7-5-21)31(36)37)17-26-29(33-19-34-30(26)35)23-8-9-28(24(16-23)18-32)40-25-10-12-38-13-11-25/h6-11,20-21,23,29H,4-5,12-19,24H2,1-3H3;4-9,16-17,19,25H,10-15,20H2,1-3H3,(H,36,37). The Labute approximate surface area is 504 Å². The maximum atomic E-state index is 13.0. The van der Waals surface area contributed by atoms with Crippen molar-refractivity contribution in [2.75, 3.05) is 52.7 Å². The number of carbonyl (C=O) groups excluding carboxylic acids is 1. The average molecular weight is 1190 g/mol. The normalized spacial score (nSPS) is 15.0. The quantitative estimate of drug-likeness (QED) is 0.0554. The van der Waals surface area contributed by atoms with Gasteiger partial charge in [0.1, 0.15) is 73.3 Å². The zero-order chi connectivity index (χ0) is 60.4. The molecule has 0 atom stereocenters. The number of ether oxygens (including phenoxy) is 6. The second-order valence-electron chi connectivity index (χ2n) is 24.5.